The Bertz CT molecular complexity index is 453. The highest BCUT2D eigenvalue weighted by molar-refractivity contribution is 7.98. The largest absolute Gasteiger partial charge is 0.467 e. The number of amides is 1. The van der Waals surface area contributed by atoms with Crippen LogP contribution in [-0.2, 0) is 20.7 Å². The lowest BCUT2D eigenvalue weighted by Crippen LogP contribution is -2.49. The Labute approximate surface area is 129 Å². The molecule has 2 atom stereocenters. The molecule has 116 valence electrons. The molecule has 1 rings (SSSR count). The van der Waals surface area contributed by atoms with E-state index in [-0.39, 0.29) is 5.91 Å². The number of hydrogen-bond donors (Lipinski definition) is 2. The number of carbonyl (C=O) groups is 2. The molecule has 3 N–H and O–H groups in total. The molecule has 0 aliphatic heterocycles. The van der Waals surface area contributed by atoms with Gasteiger partial charge in [0.2, 0.25) is 5.91 Å². The molecule has 0 bridgehead atoms. The van der Waals surface area contributed by atoms with Crippen LogP contribution in [0, 0.1) is 0 Å². The summed E-state index contributed by atoms with van der Waals surface area (Å²) in [4.78, 5) is 23.8. The van der Waals surface area contributed by atoms with Crippen LogP contribution in [0.1, 0.15) is 12.0 Å². The van der Waals surface area contributed by atoms with Crippen LogP contribution < -0.4 is 11.1 Å². The lowest BCUT2D eigenvalue weighted by Gasteiger charge is -2.19. The van der Waals surface area contributed by atoms with Crippen LogP contribution in [0.2, 0.25) is 0 Å². The van der Waals surface area contributed by atoms with Crippen molar-refractivity contribution in [3.05, 3.63) is 35.9 Å². The number of thioether (sulfide) groups is 1. The molecule has 0 saturated carbocycles. The van der Waals surface area contributed by atoms with E-state index in [4.69, 9.17) is 10.5 Å². The molecule has 0 aliphatic rings. The summed E-state index contributed by atoms with van der Waals surface area (Å²) >= 11 is 1.63. The number of benzene rings is 1. The Kier molecular flexibility index (Phi) is 7.85. The number of esters is 1. The molecule has 0 radical (unpaired) electrons. The Morgan fingerprint density at radius 2 is 2.00 bits per heavy atom. The molecule has 0 spiro atoms. The summed E-state index contributed by atoms with van der Waals surface area (Å²) in [5.74, 6) is 0.00976. The highest BCUT2D eigenvalue weighted by Crippen LogP contribution is 2.06. The molecular formula is C15H22N2O3S. The molecule has 0 fully saturated rings. The maximum atomic E-state index is 12.0. The van der Waals surface area contributed by atoms with Gasteiger partial charge >= 0.3 is 5.97 Å². The second-order valence-electron chi connectivity index (χ2n) is 4.66. The zero-order chi connectivity index (χ0) is 15.7. The number of carbonyl (C=O) groups excluding carboxylic acids is 2. The zero-order valence-corrected chi connectivity index (χ0v) is 13.2. The van der Waals surface area contributed by atoms with Gasteiger partial charge in [-0.25, -0.2) is 4.79 Å². The summed E-state index contributed by atoms with van der Waals surface area (Å²) in [6.07, 6.45) is 2.91. The lowest BCUT2D eigenvalue weighted by molar-refractivity contribution is -0.145. The van der Waals surface area contributed by atoms with Crippen LogP contribution in [0.3, 0.4) is 0 Å². The van der Waals surface area contributed by atoms with Crippen molar-refractivity contribution in [3.8, 4) is 0 Å². The predicted molar refractivity (Wildman–Crippen MR) is 85.1 cm³/mol. The third kappa shape index (κ3) is 6.18. The van der Waals surface area contributed by atoms with Crippen LogP contribution in [0.15, 0.2) is 30.3 Å². The standard InChI is InChI=1S/C15H22N2O3S/c1-20-15(19)13(10-11-6-4-3-5-7-11)17-14(18)12(16)8-9-21-2/h3-7,12-13H,8-10,16H2,1-2H3,(H,17,18)/t12-,13-/m0/s1. The molecule has 1 aromatic rings. The highest BCUT2D eigenvalue weighted by atomic mass is 32.2. The quantitative estimate of drug-likeness (QED) is 0.699. The zero-order valence-electron chi connectivity index (χ0n) is 12.4. The minimum absolute atomic E-state index is 0.324. The molecule has 21 heavy (non-hydrogen) atoms. The van der Waals surface area contributed by atoms with E-state index in [0.717, 1.165) is 11.3 Å². The van der Waals surface area contributed by atoms with Gasteiger partial charge < -0.3 is 15.8 Å². The summed E-state index contributed by atoms with van der Waals surface area (Å²) in [5, 5.41) is 2.68. The maximum Gasteiger partial charge on any atom is 0.328 e. The van der Waals surface area contributed by atoms with Crippen LogP contribution >= 0.6 is 11.8 Å². The van der Waals surface area contributed by atoms with E-state index in [0.29, 0.717) is 12.8 Å². The Balaban J connectivity index is 2.66. The van der Waals surface area contributed by atoms with Crippen LogP contribution in [0.5, 0.6) is 0 Å². The number of methoxy groups -OCH3 is 1. The number of rotatable bonds is 8. The van der Waals surface area contributed by atoms with E-state index < -0.39 is 18.1 Å². The summed E-state index contributed by atoms with van der Waals surface area (Å²) in [7, 11) is 1.31. The molecule has 1 aromatic carbocycles. The summed E-state index contributed by atoms with van der Waals surface area (Å²) < 4.78 is 4.75. The van der Waals surface area contributed by atoms with Gasteiger partial charge in [-0.05, 0) is 24.0 Å². The van der Waals surface area contributed by atoms with Crippen molar-refractivity contribution in [2.24, 2.45) is 5.73 Å². The van der Waals surface area contributed by atoms with Crippen LogP contribution in [0.25, 0.3) is 0 Å². The molecule has 6 heteroatoms. The average Bonchev–Trinajstić information content (AvgIpc) is 2.51. The molecule has 1 amide bonds. The maximum absolute atomic E-state index is 12.0. The number of nitrogens with two attached hydrogens (primary N) is 1. The Morgan fingerprint density at radius 1 is 1.33 bits per heavy atom. The Hall–Kier alpha value is -1.53. The molecule has 0 unspecified atom stereocenters. The number of ether oxygens (including phenoxy) is 1. The van der Waals surface area contributed by atoms with E-state index in [1.807, 2.05) is 36.6 Å². The van der Waals surface area contributed by atoms with Crippen molar-refractivity contribution in [1.82, 2.24) is 5.32 Å². The fourth-order valence-corrected chi connectivity index (χ4v) is 2.33. The van der Waals surface area contributed by atoms with Crippen molar-refractivity contribution in [2.75, 3.05) is 19.1 Å². The van der Waals surface area contributed by atoms with Crippen molar-refractivity contribution >= 4 is 23.6 Å². The van der Waals surface area contributed by atoms with Gasteiger partial charge in [-0.1, -0.05) is 30.3 Å². The SMILES string of the molecule is COC(=O)[C@H](Cc1ccccc1)NC(=O)[C@@H](N)CCSC. The average molecular weight is 310 g/mol. The molecule has 0 heterocycles. The van der Waals surface area contributed by atoms with E-state index in [1.54, 1.807) is 11.8 Å². The molecule has 5 nitrogen and oxygen atoms in total. The third-order valence-electron chi connectivity index (χ3n) is 3.05. The van der Waals surface area contributed by atoms with E-state index in [2.05, 4.69) is 5.32 Å². The van der Waals surface area contributed by atoms with Crippen molar-refractivity contribution < 1.29 is 14.3 Å². The first kappa shape index (κ1) is 17.5. The second kappa shape index (κ2) is 9.41. The lowest BCUT2D eigenvalue weighted by atomic mass is 10.1. The van der Waals surface area contributed by atoms with Crippen molar-refractivity contribution in [3.63, 3.8) is 0 Å². The fourth-order valence-electron chi connectivity index (χ4n) is 1.84. The smallest absolute Gasteiger partial charge is 0.328 e. The van der Waals surface area contributed by atoms with Crippen molar-refractivity contribution in [2.45, 2.75) is 24.9 Å². The van der Waals surface area contributed by atoms with Gasteiger partial charge in [0.15, 0.2) is 0 Å². The molecule has 0 aromatic heterocycles. The van der Waals surface area contributed by atoms with Gasteiger partial charge in [-0.2, -0.15) is 11.8 Å². The van der Waals surface area contributed by atoms with E-state index >= 15 is 0 Å². The summed E-state index contributed by atoms with van der Waals surface area (Å²) in [6.45, 7) is 0. The van der Waals surface area contributed by atoms with Crippen molar-refractivity contribution in [1.29, 1.82) is 0 Å². The third-order valence-corrected chi connectivity index (χ3v) is 3.70. The predicted octanol–water partition coefficient (Wildman–Crippen LogP) is 0.967. The minimum atomic E-state index is -0.717. The monoisotopic (exact) mass is 310 g/mol. The van der Waals surface area contributed by atoms with Gasteiger partial charge in [0.05, 0.1) is 13.2 Å². The van der Waals surface area contributed by atoms with Crippen LogP contribution in [0.4, 0.5) is 0 Å². The first-order chi connectivity index (χ1) is 10.1. The molecular weight excluding hydrogens is 288 g/mol. The number of nitrogens with one attached hydrogen (secondary N) is 1. The summed E-state index contributed by atoms with van der Waals surface area (Å²) in [6, 6.07) is 8.13. The first-order valence-corrected chi connectivity index (χ1v) is 8.14. The van der Waals surface area contributed by atoms with Gasteiger partial charge in [0.1, 0.15) is 6.04 Å². The van der Waals surface area contributed by atoms with Gasteiger partial charge in [-0.15, -0.1) is 0 Å². The minimum Gasteiger partial charge on any atom is -0.467 e. The number of hydrogen-bond acceptors (Lipinski definition) is 5. The highest BCUT2D eigenvalue weighted by Gasteiger charge is 2.24. The summed E-state index contributed by atoms with van der Waals surface area (Å²) in [5.41, 5.74) is 6.76. The topological polar surface area (TPSA) is 81.4 Å². The van der Waals surface area contributed by atoms with Gasteiger partial charge in [0, 0.05) is 6.42 Å². The Morgan fingerprint density at radius 3 is 2.57 bits per heavy atom. The second-order valence-corrected chi connectivity index (χ2v) is 5.65. The van der Waals surface area contributed by atoms with Crippen LogP contribution in [-0.4, -0.2) is 43.1 Å². The fraction of sp³-hybridized carbons (Fsp3) is 0.467. The van der Waals surface area contributed by atoms with E-state index in [1.165, 1.54) is 7.11 Å². The van der Waals surface area contributed by atoms with Gasteiger partial charge in [-0.3, -0.25) is 4.79 Å². The van der Waals surface area contributed by atoms with E-state index in [9.17, 15) is 9.59 Å². The molecule has 0 saturated heterocycles. The first-order valence-electron chi connectivity index (χ1n) is 6.75. The normalized spacial score (nSPS) is 13.3. The molecule has 0 aliphatic carbocycles. The van der Waals surface area contributed by atoms with Gasteiger partial charge in [0.25, 0.3) is 0 Å².